The lowest BCUT2D eigenvalue weighted by Crippen LogP contribution is -2.36. The summed E-state index contributed by atoms with van der Waals surface area (Å²) in [5.41, 5.74) is 2.61. The largest absolute Gasteiger partial charge is 0.294 e. The Morgan fingerprint density at radius 2 is 1.73 bits per heavy atom. The maximum Gasteiger partial charge on any atom is 0.161 e. The first-order valence-corrected chi connectivity index (χ1v) is 5.83. The molecule has 1 heteroatoms. The molecule has 0 fully saturated rings. The van der Waals surface area contributed by atoms with Gasteiger partial charge in [0.2, 0.25) is 0 Å². The van der Waals surface area contributed by atoms with Gasteiger partial charge >= 0.3 is 0 Å². The van der Waals surface area contributed by atoms with E-state index in [1.807, 2.05) is 13.8 Å². The highest BCUT2D eigenvalue weighted by atomic mass is 16.1. The number of hydrogen-bond donors (Lipinski definition) is 0. The van der Waals surface area contributed by atoms with E-state index >= 15 is 0 Å². The van der Waals surface area contributed by atoms with E-state index in [4.69, 9.17) is 0 Å². The van der Waals surface area contributed by atoms with Gasteiger partial charge in [-0.1, -0.05) is 47.1 Å². The fourth-order valence-corrected chi connectivity index (χ4v) is 3.54. The lowest BCUT2D eigenvalue weighted by Gasteiger charge is -2.43. The molecule has 1 nitrogen and oxygen atoms in total. The van der Waals surface area contributed by atoms with E-state index in [0.29, 0.717) is 5.78 Å². The minimum Gasteiger partial charge on any atom is -0.294 e. The smallest absolute Gasteiger partial charge is 0.161 e. The fraction of sp³-hybridized carbons (Fsp3) is 0.786. The van der Waals surface area contributed by atoms with Crippen LogP contribution in [0.4, 0.5) is 0 Å². The summed E-state index contributed by atoms with van der Waals surface area (Å²) in [6.07, 6.45) is 0.982. The topological polar surface area (TPSA) is 17.1 Å². The zero-order chi connectivity index (χ0) is 12.0. The zero-order valence-corrected chi connectivity index (χ0v) is 11.2. The van der Waals surface area contributed by atoms with Gasteiger partial charge in [-0.2, -0.15) is 0 Å². The second-order valence-electron chi connectivity index (χ2n) is 6.60. The molecule has 0 radical (unpaired) electrons. The lowest BCUT2D eigenvalue weighted by atomic mass is 9.61. The minimum absolute atomic E-state index is 0.101. The van der Waals surface area contributed by atoms with E-state index in [1.54, 1.807) is 0 Å². The highest BCUT2D eigenvalue weighted by Gasteiger charge is 2.41. The molecule has 15 heavy (non-hydrogen) atoms. The van der Waals surface area contributed by atoms with Crippen LogP contribution in [-0.2, 0) is 4.79 Å². The van der Waals surface area contributed by atoms with E-state index < -0.39 is 0 Å². The van der Waals surface area contributed by atoms with Crippen LogP contribution < -0.4 is 0 Å². The van der Waals surface area contributed by atoms with Crippen LogP contribution in [-0.4, -0.2) is 5.78 Å². The summed E-state index contributed by atoms with van der Waals surface area (Å²) >= 11 is 0. The average molecular weight is 208 g/mol. The van der Waals surface area contributed by atoms with Gasteiger partial charge in [-0.25, -0.2) is 0 Å². The van der Waals surface area contributed by atoms with E-state index in [9.17, 15) is 4.79 Å². The summed E-state index contributed by atoms with van der Waals surface area (Å²) in [6, 6.07) is 0. The third kappa shape index (κ3) is 2.16. The molecule has 0 amide bonds. The molecule has 1 aliphatic carbocycles. The van der Waals surface area contributed by atoms with Crippen LogP contribution in [0.5, 0.6) is 0 Å². The van der Waals surface area contributed by atoms with Crippen LogP contribution in [0.3, 0.4) is 0 Å². The van der Waals surface area contributed by atoms with Gasteiger partial charge in [-0.15, -0.1) is 0 Å². The Morgan fingerprint density at radius 3 is 2.13 bits per heavy atom. The monoisotopic (exact) mass is 208 g/mol. The zero-order valence-electron chi connectivity index (χ0n) is 11.2. The van der Waals surface area contributed by atoms with Crippen molar-refractivity contribution in [2.24, 2.45) is 16.7 Å². The first-order chi connectivity index (χ1) is 6.57. The van der Waals surface area contributed by atoms with Gasteiger partial charge in [0.05, 0.1) is 0 Å². The molecule has 0 saturated heterocycles. The average Bonchev–Trinajstić information content (AvgIpc) is 1.95. The van der Waals surface area contributed by atoms with E-state index in [0.717, 1.165) is 12.0 Å². The second-order valence-corrected chi connectivity index (χ2v) is 6.60. The summed E-state index contributed by atoms with van der Waals surface area (Å²) < 4.78 is 0. The quantitative estimate of drug-likeness (QED) is 0.588. The fourth-order valence-electron chi connectivity index (χ4n) is 3.54. The molecule has 0 aromatic heterocycles. The SMILES string of the molecule is CC1=C(C(C)(C)C)C(C)(C)CC(C)C1=O. The Labute approximate surface area is 93.9 Å². The third-order valence-electron chi connectivity index (χ3n) is 3.44. The number of allylic oxidation sites excluding steroid dienone is 2. The van der Waals surface area contributed by atoms with Gasteiger partial charge in [-0.05, 0) is 29.7 Å². The van der Waals surface area contributed by atoms with Crippen molar-refractivity contribution in [1.29, 1.82) is 0 Å². The van der Waals surface area contributed by atoms with Crippen LogP contribution in [0.15, 0.2) is 11.1 Å². The molecule has 0 N–H and O–H groups in total. The summed E-state index contributed by atoms with van der Waals surface area (Å²) in [5, 5.41) is 0. The standard InChI is InChI=1S/C14H24O/c1-9-8-14(6,7)12(13(3,4)5)10(2)11(9)15/h9H,8H2,1-7H3. The molecule has 1 aliphatic rings. The number of carbonyl (C=O) groups excluding carboxylic acids is 1. The number of hydrogen-bond acceptors (Lipinski definition) is 1. The Morgan fingerprint density at radius 1 is 1.27 bits per heavy atom. The molecule has 86 valence electrons. The first kappa shape index (κ1) is 12.5. The predicted octanol–water partition coefficient (Wildman–Crippen LogP) is 3.98. The molecule has 0 aliphatic heterocycles. The van der Waals surface area contributed by atoms with E-state index in [1.165, 1.54) is 5.57 Å². The van der Waals surface area contributed by atoms with Gasteiger partial charge < -0.3 is 0 Å². The number of rotatable bonds is 0. The Kier molecular flexibility index (Phi) is 2.88. The maximum atomic E-state index is 12.0. The van der Waals surface area contributed by atoms with Crippen molar-refractivity contribution < 1.29 is 4.79 Å². The summed E-state index contributed by atoms with van der Waals surface area (Å²) in [5.74, 6) is 0.533. The Balaban J connectivity index is 3.35. The van der Waals surface area contributed by atoms with Crippen LogP contribution in [0.1, 0.15) is 54.9 Å². The van der Waals surface area contributed by atoms with Crippen LogP contribution in [0.2, 0.25) is 0 Å². The molecule has 0 aromatic rings. The van der Waals surface area contributed by atoms with Crippen molar-refractivity contribution in [3.8, 4) is 0 Å². The van der Waals surface area contributed by atoms with Crippen LogP contribution in [0.25, 0.3) is 0 Å². The molecular weight excluding hydrogens is 184 g/mol. The van der Waals surface area contributed by atoms with Gasteiger partial charge in [-0.3, -0.25) is 4.79 Å². The second kappa shape index (κ2) is 3.47. The normalized spacial score (nSPS) is 27.1. The molecule has 0 spiro atoms. The third-order valence-corrected chi connectivity index (χ3v) is 3.44. The molecule has 0 saturated carbocycles. The molecule has 0 bridgehead atoms. The Hall–Kier alpha value is -0.590. The van der Waals surface area contributed by atoms with Gasteiger partial charge in [0.1, 0.15) is 0 Å². The summed E-state index contributed by atoms with van der Waals surface area (Å²) in [4.78, 5) is 12.0. The number of carbonyl (C=O) groups is 1. The van der Waals surface area contributed by atoms with E-state index in [-0.39, 0.29) is 16.7 Å². The van der Waals surface area contributed by atoms with Crippen molar-refractivity contribution in [1.82, 2.24) is 0 Å². The van der Waals surface area contributed by atoms with Crippen LogP contribution in [0, 0.1) is 16.7 Å². The van der Waals surface area contributed by atoms with Crippen molar-refractivity contribution in [2.45, 2.75) is 54.9 Å². The highest BCUT2D eigenvalue weighted by Crippen LogP contribution is 2.48. The predicted molar refractivity (Wildman–Crippen MR) is 64.7 cm³/mol. The highest BCUT2D eigenvalue weighted by molar-refractivity contribution is 5.98. The van der Waals surface area contributed by atoms with E-state index in [2.05, 4.69) is 34.6 Å². The lowest BCUT2D eigenvalue weighted by molar-refractivity contribution is -0.120. The first-order valence-electron chi connectivity index (χ1n) is 5.83. The molecule has 0 heterocycles. The van der Waals surface area contributed by atoms with Crippen molar-refractivity contribution >= 4 is 5.78 Å². The van der Waals surface area contributed by atoms with Gasteiger partial charge in [0.15, 0.2) is 5.78 Å². The van der Waals surface area contributed by atoms with Crippen molar-refractivity contribution in [2.75, 3.05) is 0 Å². The van der Waals surface area contributed by atoms with Crippen molar-refractivity contribution in [3.05, 3.63) is 11.1 Å². The molecule has 1 rings (SSSR count). The number of Topliss-reactive ketones (excluding diaryl/α,β-unsaturated/α-hetero) is 1. The minimum atomic E-state index is 0.101. The molecule has 1 atom stereocenters. The maximum absolute atomic E-state index is 12.0. The molecular formula is C14H24O. The summed E-state index contributed by atoms with van der Waals surface area (Å²) in [6.45, 7) is 15.2. The van der Waals surface area contributed by atoms with Gasteiger partial charge in [0, 0.05) is 5.92 Å². The van der Waals surface area contributed by atoms with Crippen molar-refractivity contribution in [3.63, 3.8) is 0 Å². The molecule has 0 aromatic carbocycles. The number of ketones is 1. The summed E-state index contributed by atoms with van der Waals surface area (Å²) in [7, 11) is 0. The van der Waals surface area contributed by atoms with Crippen LogP contribution >= 0.6 is 0 Å². The molecule has 1 unspecified atom stereocenters. The Bertz CT molecular complexity index is 313. The van der Waals surface area contributed by atoms with Gasteiger partial charge in [0.25, 0.3) is 0 Å².